The van der Waals surface area contributed by atoms with Gasteiger partial charge < -0.3 is 10.4 Å². The summed E-state index contributed by atoms with van der Waals surface area (Å²) in [6, 6.07) is -0.119. The molecule has 1 fully saturated rings. The monoisotopic (exact) mass is 320 g/mol. The highest BCUT2D eigenvalue weighted by Crippen LogP contribution is 2.38. The number of aliphatic hydroxyl groups excluding tert-OH is 1. The third kappa shape index (κ3) is 2.91. The number of hydrogen-bond acceptors (Lipinski definition) is 5. The fourth-order valence-electron chi connectivity index (χ4n) is 2.92. The predicted molar refractivity (Wildman–Crippen MR) is 83.7 cm³/mol. The van der Waals surface area contributed by atoms with Gasteiger partial charge in [0.25, 0.3) is 5.91 Å². The van der Waals surface area contributed by atoms with E-state index in [0.29, 0.717) is 17.7 Å². The van der Waals surface area contributed by atoms with Gasteiger partial charge in [-0.3, -0.25) is 9.48 Å². The maximum atomic E-state index is 12.6. The summed E-state index contributed by atoms with van der Waals surface area (Å²) in [6.45, 7) is 3.75. The Kier molecular flexibility index (Phi) is 4.01. The van der Waals surface area contributed by atoms with Gasteiger partial charge in [0.1, 0.15) is 4.88 Å². The van der Waals surface area contributed by atoms with Crippen LogP contribution in [0.5, 0.6) is 0 Å². The number of hydrogen-bond donors (Lipinski definition) is 2. The molecule has 1 saturated carbocycles. The SMILES string of the molecule is Cc1nc(C)c(C(=O)N[C@H](c2cnn(C)c2)C2CC(O)C2)s1. The standard InChI is InChI=1S/C15H20N4O2S/c1-8-14(22-9(2)17-8)15(21)18-13(10-4-12(20)5-10)11-6-16-19(3)7-11/h6-7,10,12-13,20H,4-5H2,1-3H3,(H,18,21)/t10?,12?,13-/m0/s1. The molecule has 0 aromatic carbocycles. The van der Waals surface area contributed by atoms with Gasteiger partial charge in [-0.15, -0.1) is 11.3 Å². The average molecular weight is 320 g/mol. The van der Waals surface area contributed by atoms with Gasteiger partial charge in [0.05, 0.1) is 29.0 Å². The van der Waals surface area contributed by atoms with E-state index < -0.39 is 0 Å². The second kappa shape index (κ2) is 5.81. The Labute approximate surface area is 133 Å². The van der Waals surface area contributed by atoms with E-state index in [-0.39, 0.29) is 24.0 Å². The molecule has 2 N–H and O–H groups in total. The summed E-state index contributed by atoms with van der Waals surface area (Å²) >= 11 is 1.41. The summed E-state index contributed by atoms with van der Waals surface area (Å²) < 4.78 is 1.73. The molecule has 118 valence electrons. The van der Waals surface area contributed by atoms with E-state index in [0.717, 1.165) is 16.3 Å². The average Bonchev–Trinajstić information content (AvgIpc) is 2.98. The van der Waals surface area contributed by atoms with Crippen molar-refractivity contribution in [2.24, 2.45) is 13.0 Å². The molecule has 0 bridgehead atoms. The lowest BCUT2D eigenvalue weighted by Gasteiger charge is -2.37. The number of rotatable bonds is 4. The Morgan fingerprint density at radius 3 is 2.73 bits per heavy atom. The highest BCUT2D eigenvalue weighted by molar-refractivity contribution is 7.13. The van der Waals surface area contributed by atoms with Crippen LogP contribution in [0.25, 0.3) is 0 Å². The molecule has 0 unspecified atom stereocenters. The number of aliphatic hydroxyl groups is 1. The topological polar surface area (TPSA) is 80.0 Å². The minimum Gasteiger partial charge on any atom is -0.393 e. The van der Waals surface area contributed by atoms with Crippen LogP contribution in [0.15, 0.2) is 12.4 Å². The number of aromatic nitrogens is 3. The first-order valence-electron chi connectivity index (χ1n) is 7.35. The summed E-state index contributed by atoms with van der Waals surface area (Å²) in [4.78, 5) is 17.5. The minimum atomic E-state index is -0.256. The van der Waals surface area contributed by atoms with Crippen LogP contribution in [-0.2, 0) is 7.05 Å². The van der Waals surface area contributed by atoms with Crippen molar-refractivity contribution in [2.45, 2.75) is 38.8 Å². The van der Waals surface area contributed by atoms with E-state index in [1.807, 2.05) is 27.1 Å². The highest BCUT2D eigenvalue weighted by Gasteiger charge is 2.36. The molecule has 1 atom stereocenters. The zero-order valence-corrected chi connectivity index (χ0v) is 13.7. The van der Waals surface area contributed by atoms with E-state index in [1.54, 1.807) is 10.9 Å². The van der Waals surface area contributed by atoms with Crippen LogP contribution < -0.4 is 5.32 Å². The first-order chi connectivity index (χ1) is 10.4. The van der Waals surface area contributed by atoms with E-state index in [2.05, 4.69) is 15.4 Å². The van der Waals surface area contributed by atoms with Gasteiger partial charge in [-0.05, 0) is 32.6 Å². The van der Waals surface area contributed by atoms with Crippen LogP contribution in [0, 0.1) is 19.8 Å². The third-order valence-electron chi connectivity index (χ3n) is 4.10. The normalized spacial score (nSPS) is 22.2. The van der Waals surface area contributed by atoms with Crippen LogP contribution in [0.4, 0.5) is 0 Å². The number of nitrogens with zero attached hydrogens (tertiary/aromatic N) is 3. The van der Waals surface area contributed by atoms with Crippen LogP contribution in [0.2, 0.25) is 0 Å². The van der Waals surface area contributed by atoms with Gasteiger partial charge in [0.2, 0.25) is 0 Å². The molecule has 1 aliphatic rings. The van der Waals surface area contributed by atoms with Gasteiger partial charge in [0.15, 0.2) is 0 Å². The predicted octanol–water partition coefficient (Wildman–Crippen LogP) is 1.74. The Morgan fingerprint density at radius 1 is 1.50 bits per heavy atom. The maximum Gasteiger partial charge on any atom is 0.263 e. The lowest BCUT2D eigenvalue weighted by atomic mass is 9.75. The van der Waals surface area contributed by atoms with Gasteiger partial charge >= 0.3 is 0 Å². The summed E-state index contributed by atoms with van der Waals surface area (Å²) in [5.41, 5.74) is 1.74. The first kappa shape index (κ1) is 15.2. The van der Waals surface area contributed by atoms with Crippen LogP contribution >= 0.6 is 11.3 Å². The van der Waals surface area contributed by atoms with Crippen LogP contribution in [-0.4, -0.2) is 31.9 Å². The number of amides is 1. The van der Waals surface area contributed by atoms with Crippen molar-refractivity contribution >= 4 is 17.2 Å². The number of aryl methyl sites for hydroxylation is 3. The fourth-order valence-corrected chi connectivity index (χ4v) is 3.75. The quantitative estimate of drug-likeness (QED) is 0.899. The molecule has 1 amide bonds. The van der Waals surface area contributed by atoms with Crippen LogP contribution in [0.1, 0.15) is 44.8 Å². The second-order valence-corrected chi connectivity index (χ2v) is 7.13. The van der Waals surface area contributed by atoms with E-state index in [9.17, 15) is 9.90 Å². The molecule has 3 rings (SSSR count). The molecular weight excluding hydrogens is 300 g/mol. The third-order valence-corrected chi connectivity index (χ3v) is 5.17. The van der Waals surface area contributed by atoms with Crippen molar-refractivity contribution in [3.8, 4) is 0 Å². The van der Waals surface area contributed by atoms with Gasteiger partial charge in [-0.1, -0.05) is 0 Å². The second-order valence-electron chi connectivity index (χ2n) is 5.93. The van der Waals surface area contributed by atoms with E-state index in [1.165, 1.54) is 11.3 Å². The van der Waals surface area contributed by atoms with E-state index >= 15 is 0 Å². The molecule has 0 saturated heterocycles. The molecule has 2 heterocycles. The summed E-state index contributed by atoms with van der Waals surface area (Å²) in [7, 11) is 1.86. The molecule has 22 heavy (non-hydrogen) atoms. The number of thiazole rings is 1. The number of carbonyl (C=O) groups excluding carboxylic acids is 1. The van der Waals surface area contributed by atoms with Crippen molar-refractivity contribution in [1.29, 1.82) is 0 Å². The zero-order chi connectivity index (χ0) is 15.9. The van der Waals surface area contributed by atoms with Crippen molar-refractivity contribution in [3.05, 3.63) is 33.5 Å². The molecule has 0 radical (unpaired) electrons. The van der Waals surface area contributed by atoms with Crippen molar-refractivity contribution in [2.75, 3.05) is 0 Å². The van der Waals surface area contributed by atoms with Crippen molar-refractivity contribution in [1.82, 2.24) is 20.1 Å². The number of nitrogens with one attached hydrogen (secondary N) is 1. The van der Waals surface area contributed by atoms with Crippen molar-refractivity contribution in [3.63, 3.8) is 0 Å². The fraction of sp³-hybridized carbons (Fsp3) is 0.533. The largest absolute Gasteiger partial charge is 0.393 e. The lowest BCUT2D eigenvalue weighted by molar-refractivity contribution is 0.0235. The maximum absolute atomic E-state index is 12.6. The Morgan fingerprint density at radius 2 is 2.23 bits per heavy atom. The minimum absolute atomic E-state index is 0.0988. The Hall–Kier alpha value is -1.73. The molecule has 0 aliphatic heterocycles. The highest BCUT2D eigenvalue weighted by atomic mass is 32.1. The molecule has 0 spiro atoms. The van der Waals surface area contributed by atoms with Gasteiger partial charge in [-0.25, -0.2) is 4.98 Å². The molecule has 2 aromatic rings. The summed E-state index contributed by atoms with van der Waals surface area (Å²) in [5.74, 6) is 0.149. The van der Waals surface area contributed by atoms with Gasteiger partial charge in [0, 0.05) is 18.8 Å². The number of carbonyl (C=O) groups is 1. The van der Waals surface area contributed by atoms with Crippen molar-refractivity contribution < 1.29 is 9.90 Å². The van der Waals surface area contributed by atoms with Crippen LogP contribution in [0.3, 0.4) is 0 Å². The zero-order valence-electron chi connectivity index (χ0n) is 12.9. The molecular formula is C15H20N4O2S. The molecule has 1 aliphatic carbocycles. The molecule has 6 nitrogen and oxygen atoms in total. The van der Waals surface area contributed by atoms with E-state index in [4.69, 9.17) is 0 Å². The smallest absolute Gasteiger partial charge is 0.263 e. The van der Waals surface area contributed by atoms with Gasteiger partial charge in [-0.2, -0.15) is 5.10 Å². The Bertz CT molecular complexity index is 688. The summed E-state index contributed by atoms with van der Waals surface area (Å²) in [5, 5.41) is 17.8. The lowest BCUT2D eigenvalue weighted by Crippen LogP contribution is -2.41. The Balaban J connectivity index is 1.81. The first-order valence-corrected chi connectivity index (χ1v) is 8.17. The summed E-state index contributed by atoms with van der Waals surface area (Å²) in [6.07, 6.45) is 4.86. The molecule has 2 aromatic heterocycles. The molecule has 7 heteroatoms.